The molecule has 1 amide bonds. The molecule has 1 aromatic heterocycles. The van der Waals surface area contributed by atoms with Gasteiger partial charge in [-0.1, -0.05) is 45.0 Å². The van der Waals surface area contributed by atoms with E-state index >= 15 is 0 Å². The van der Waals surface area contributed by atoms with Crippen molar-refractivity contribution < 1.29 is 4.79 Å². The van der Waals surface area contributed by atoms with Gasteiger partial charge in [-0.25, -0.2) is 4.98 Å². The lowest BCUT2D eigenvalue weighted by atomic mass is 10.2. The summed E-state index contributed by atoms with van der Waals surface area (Å²) < 4.78 is 0.971. The molecule has 0 aliphatic rings. The summed E-state index contributed by atoms with van der Waals surface area (Å²) in [6.45, 7) is 3.88. The second kappa shape index (κ2) is 8.60. The highest BCUT2D eigenvalue weighted by Crippen LogP contribution is 2.27. The van der Waals surface area contributed by atoms with Crippen LogP contribution in [0.15, 0.2) is 53.0 Å². The summed E-state index contributed by atoms with van der Waals surface area (Å²) in [5.74, 6) is -0.149. The van der Waals surface area contributed by atoms with Crippen LogP contribution in [-0.2, 0) is 0 Å². The van der Waals surface area contributed by atoms with E-state index in [1.165, 1.54) is 16.9 Å². The fourth-order valence-electron chi connectivity index (χ4n) is 2.14. The molecule has 7 heteroatoms. The zero-order valence-corrected chi connectivity index (χ0v) is 17.8. The van der Waals surface area contributed by atoms with Gasteiger partial charge >= 0.3 is 0 Å². The summed E-state index contributed by atoms with van der Waals surface area (Å²) in [6.07, 6.45) is 0. The second-order valence-corrected chi connectivity index (χ2v) is 7.30. The van der Waals surface area contributed by atoms with Crippen LogP contribution in [0, 0.1) is 13.8 Å². The van der Waals surface area contributed by atoms with E-state index in [1.807, 2.05) is 62.4 Å². The summed E-state index contributed by atoms with van der Waals surface area (Å²) in [5, 5.41) is 6.84. The van der Waals surface area contributed by atoms with Crippen molar-refractivity contribution in [1.29, 1.82) is 0 Å². The van der Waals surface area contributed by atoms with Crippen molar-refractivity contribution >= 4 is 66.7 Å². The van der Waals surface area contributed by atoms with Crippen LogP contribution in [-0.4, -0.2) is 10.9 Å². The number of thiazole rings is 1. The van der Waals surface area contributed by atoms with Crippen LogP contribution in [0.5, 0.6) is 0 Å². The number of benzene rings is 2. The predicted molar refractivity (Wildman–Crippen MR) is 114 cm³/mol. The normalized spacial score (nSPS) is 10.0. The van der Waals surface area contributed by atoms with Gasteiger partial charge in [-0.05, 0) is 50.2 Å². The number of anilines is 3. The lowest BCUT2D eigenvalue weighted by molar-refractivity contribution is 0.103. The standard InChI is InChI=1S/C18H16BrN3OS.BrH/c1-11-3-7-15(8-4-11)22-18-20-12(2)16(24-18)17(23)21-14-9-5-13(19)6-10-14;/h3-10H,1-2H3,(H,20,22)(H,21,23);1H. The van der Waals surface area contributed by atoms with Gasteiger partial charge in [0, 0.05) is 15.8 Å². The van der Waals surface area contributed by atoms with Crippen molar-refractivity contribution in [2.24, 2.45) is 0 Å². The highest BCUT2D eigenvalue weighted by atomic mass is 79.9. The predicted octanol–water partition coefficient (Wildman–Crippen LogP) is 6.10. The fourth-order valence-corrected chi connectivity index (χ4v) is 3.29. The second-order valence-electron chi connectivity index (χ2n) is 5.39. The van der Waals surface area contributed by atoms with Gasteiger partial charge < -0.3 is 10.6 Å². The molecule has 0 saturated heterocycles. The van der Waals surface area contributed by atoms with Gasteiger partial charge in [0.1, 0.15) is 4.88 Å². The number of halogens is 2. The van der Waals surface area contributed by atoms with Crippen molar-refractivity contribution in [2.45, 2.75) is 13.8 Å². The summed E-state index contributed by atoms with van der Waals surface area (Å²) in [5.41, 5.74) is 3.62. The minimum Gasteiger partial charge on any atom is -0.332 e. The van der Waals surface area contributed by atoms with E-state index in [0.717, 1.165) is 15.8 Å². The number of carbonyl (C=O) groups is 1. The van der Waals surface area contributed by atoms with Crippen LogP contribution in [0.4, 0.5) is 16.5 Å². The summed E-state index contributed by atoms with van der Waals surface area (Å²) >= 11 is 4.72. The molecule has 2 aromatic carbocycles. The average molecular weight is 483 g/mol. The minimum atomic E-state index is -0.149. The molecule has 1 heterocycles. The molecule has 3 aromatic rings. The Morgan fingerprint density at radius 1 is 1.00 bits per heavy atom. The van der Waals surface area contributed by atoms with Gasteiger partial charge in [-0.2, -0.15) is 0 Å². The van der Waals surface area contributed by atoms with Crippen molar-refractivity contribution in [3.63, 3.8) is 0 Å². The number of aryl methyl sites for hydroxylation is 2. The molecule has 0 radical (unpaired) electrons. The Labute approximate surface area is 169 Å². The maximum Gasteiger partial charge on any atom is 0.267 e. The molecular weight excluding hydrogens is 466 g/mol. The summed E-state index contributed by atoms with van der Waals surface area (Å²) in [4.78, 5) is 17.5. The molecule has 0 spiro atoms. The van der Waals surface area contributed by atoms with Gasteiger partial charge in [0.05, 0.1) is 5.69 Å². The molecule has 3 rings (SSSR count). The Bertz CT molecular complexity index is 861. The minimum absolute atomic E-state index is 0. The Hall–Kier alpha value is -1.70. The molecule has 2 N–H and O–H groups in total. The molecule has 0 saturated carbocycles. The fraction of sp³-hybridized carbons (Fsp3) is 0.111. The van der Waals surface area contributed by atoms with Crippen molar-refractivity contribution in [1.82, 2.24) is 4.98 Å². The number of rotatable bonds is 4. The molecule has 0 bridgehead atoms. The van der Waals surface area contributed by atoms with Gasteiger partial charge in [-0.3, -0.25) is 4.79 Å². The van der Waals surface area contributed by atoms with E-state index in [1.54, 1.807) is 0 Å². The Kier molecular flexibility index (Phi) is 6.75. The first kappa shape index (κ1) is 19.6. The number of amides is 1. The smallest absolute Gasteiger partial charge is 0.267 e. The Balaban J connectivity index is 0.00000225. The number of aromatic nitrogens is 1. The van der Waals surface area contributed by atoms with Gasteiger partial charge in [0.2, 0.25) is 0 Å². The van der Waals surface area contributed by atoms with E-state index in [4.69, 9.17) is 0 Å². The quantitative estimate of drug-likeness (QED) is 0.472. The average Bonchev–Trinajstić information content (AvgIpc) is 2.92. The lowest BCUT2D eigenvalue weighted by Crippen LogP contribution is -2.11. The number of carbonyl (C=O) groups excluding carboxylic acids is 1. The van der Waals surface area contributed by atoms with Crippen LogP contribution >= 0.6 is 44.2 Å². The molecular formula is C18H17Br2N3OS. The monoisotopic (exact) mass is 481 g/mol. The molecule has 4 nitrogen and oxygen atoms in total. The van der Waals surface area contributed by atoms with Gasteiger partial charge in [0.25, 0.3) is 5.91 Å². The molecule has 130 valence electrons. The lowest BCUT2D eigenvalue weighted by Gasteiger charge is -2.04. The third-order valence-corrected chi connectivity index (χ3v) is 5.01. The Morgan fingerprint density at radius 2 is 1.60 bits per heavy atom. The third-order valence-electron chi connectivity index (χ3n) is 3.41. The number of nitrogens with one attached hydrogen (secondary N) is 2. The van der Waals surface area contributed by atoms with Crippen LogP contribution in [0.25, 0.3) is 0 Å². The number of hydrogen-bond acceptors (Lipinski definition) is 4. The van der Waals surface area contributed by atoms with Crippen molar-refractivity contribution in [2.75, 3.05) is 10.6 Å². The first-order chi connectivity index (χ1) is 11.5. The van der Waals surface area contributed by atoms with Crippen LogP contribution in [0.3, 0.4) is 0 Å². The number of nitrogens with zero attached hydrogens (tertiary/aromatic N) is 1. The van der Waals surface area contributed by atoms with E-state index in [-0.39, 0.29) is 22.9 Å². The topological polar surface area (TPSA) is 54.0 Å². The molecule has 0 unspecified atom stereocenters. The Morgan fingerprint density at radius 3 is 2.24 bits per heavy atom. The molecule has 25 heavy (non-hydrogen) atoms. The van der Waals surface area contributed by atoms with Crippen molar-refractivity contribution in [3.05, 3.63) is 69.1 Å². The SMILES string of the molecule is Br.Cc1ccc(Nc2nc(C)c(C(=O)Nc3ccc(Br)cc3)s2)cc1. The van der Waals surface area contributed by atoms with E-state index in [2.05, 4.69) is 31.5 Å². The van der Waals surface area contributed by atoms with Crippen LogP contribution < -0.4 is 10.6 Å². The van der Waals surface area contributed by atoms with Gasteiger partial charge in [0.15, 0.2) is 5.13 Å². The number of hydrogen-bond donors (Lipinski definition) is 2. The molecule has 0 fully saturated rings. The van der Waals surface area contributed by atoms with Crippen LogP contribution in [0.1, 0.15) is 20.9 Å². The molecule has 0 aliphatic carbocycles. The first-order valence-corrected chi connectivity index (χ1v) is 9.00. The van der Waals surface area contributed by atoms with E-state index in [0.29, 0.717) is 15.7 Å². The summed E-state index contributed by atoms with van der Waals surface area (Å²) in [6, 6.07) is 15.5. The maximum absolute atomic E-state index is 12.5. The largest absolute Gasteiger partial charge is 0.332 e. The molecule has 0 aliphatic heterocycles. The maximum atomic E-state index is 12.5. The van der Waals surface area contributed by atoms with Crippen molar-refractivity contribution in [3.8, 4) is 0 Å². The zero-order chi connectivity index (χ0) is 17.1. The molecule has 0 atom stereocenters. The van der Waals surface area contributed by atoms with Crippen LogP contribution in [0.2, 0.25) is 0 Å². The highest BCUT2D eigenvalue weighted by Gasteiger charge is 2.15. The zero-order valence-electron chi connectivity index (χ0n) is 13.7. The van der Waals surface area contributed by atoms with E-state index in [9.17, 15) is 4.79 Å². The third kappa shape index (κ3) is 5.14. The highest BCUT2D eigenvalue weighted by molar-refractivity contribution is 9.10. The first-order valence-electron chi connectivity index (χ1n) is 7.39. The summed E-state index contributed by atoms with van der Waals surface area (Å²) in [7, 11) is 0. The van der Waals surface area contributed by atoms with Gasteiger partial charge in [-0.15, -0.1) is 17.0 Å². The van der Waals surface area contributed by atoms with E-state index < -0.39 is 0 Å².